The van der Waals surface area contributed by atoms with E-state index in [1.54, 1.807) is 0 Å². The lowest BCUT2D eigenvalue weighted by Gasteiger charge is -2.33. The number of nitrogens with one attached hydrogen (secondary N) is 1. The minimum atomic E-state index is -1.50. The minimum absolute atomic E-state index is 0.108. The van der Waals surface area contributed by atoms with Crippen molar-refractivity contribution >= 4 is 29.3 Å². The molecule has 1 saturated heterocycles. The highest BCUT2D eigenvalue weighted by atomic mass is 19.1. The fourth-order valence-corrected chi connectivity index (χ4v) is 4.49. The van der Waals surface area contributed by atoms with Gasteiger partial charge >= 0.3 is 6.09 Å². The topological polar surface area (TPSA) is 154 Å². The average Bonchev–Trinajstić information content (AvgIpc) is 3.23. The van der Waals surface area contributed by atoms with Crippen molar-refractivity contribution < 1.29 is 37.6 Å². The molecule has 0 aromatic heterocycles. The van der Waals surface area contributed by atoms with Gasteiger partial charge in [-0.25, -0.2) is 13.6 Å². The van der Waals surface area contributed by atoms with Crippen LogP contribution in [0.1, 0.15) is 30.0 Å². The molecule has 0 radical (unpaired) electrons. The van der Waals surface area contributed by atoms with E-state index < -0.39 is 58.2 Å². The molecule has 3 amide bonds. The largest absolute Gasteiger partial charge is 0.436 e. The van der Waals surface area contributed by atoms with Crippen LogP contribution in [0, 0.1) is 27.7 Å². The number of nitrogens with two attached hydrogens (primary N) is 1. The monoisotopic (exact) mass is 504 g/mol. The van der Waals surface area contributed by atoms with E-state index in [4.69, 9.17) is 15.2 Å². The van der Waals surface area contributed by atoms with Crippen molar-refractivity contribution in [1.29, 1.82) is 0 Å². The Morgan fingerprint density at radius 2 is 1.83 bits per heavy atom. The lowest BCUT2D eigenvalue weighted by Crippen LogP contribution is -2.48. The van der Waals surface area contributed by atoms with Gasteiger partial charge in [0.05, 0.1) is 4.92 Å². The number of benzene rings is 2. The molecule has 13 heteroatoms. The number of ether oxygens (including phenoxy) is 2. The molecule has 3 N–H and O–H groups in total. The molecule has 190 valence electrons. The number of para-hydroxylation sites is 1. The number of halogens is 2. The van der Waals surface area contributed by atoms with Crippen LogP contribution in [-0.2, 0) is 25.6 Å². The van der Waals surface area contributed by atoms with Crippen molar-refractivity contribution in [3.63, 3.8) is 0 Å². The summed E-state index contributed by atoms with van der Waals surface area (Å²) in [4.78, 5) is 50.3. The Kier molecular flexibility index (Phi) is 7.10. The summed E-state index contributed by atoms with van der Waals surface area (Å²) < 4.78 is 38.9. The number of hydrogen-bond acceptors (Lipinski definition) is 7. The lowest BCUT2D eigenvalue weighted by molar-refractivity contribution is -0.384. The van der Waals surface area contributed by atoms with Gasteiger partial charge in [0, 0.05) is 37.8 Å². The molecule has 2 heterocycles. The Morgan fingerprint density at radius 1 is 1.17 bits per heavy atom. The summed E-state index contributed by atoms with van der Waals surface area (Å²) in [6.07, 6.45) is -1.78. The van der Waals surface area contributed by atoms with Crippen LogP contribution in [0.3, 0.4) is 0 Å². The molecule has 0 unspecified atom stereocenters. The predicted octanol–water partition coefficient (Wildman–Crippen LogP) is 2.79. The van der Waals surface area contributed by atoms with Gasteiger partial charge in [0.25, 0.3) is 17.5 Å². The maximum atomic E-state index is 14.2. The molecule has 36 heavy (non-hydrogen) atoms. The summed E-state index contributed by atoms with van der Waals surface area (Å²) in [5, 5.41) is 13.5. The van der Waals surface area contributed by atoms with Crippen LogP contribution in [0.4, 0.5) is 25.0 Å². The number of amides is 3. The molecule has 11 nitrogen and oxygen atoms in total. The molecule has 2 aromatic carbocycles. The zero-order chi connectivity index (χ0) is 26.0. The second-order valence-corrected chi connectivity index (χ2v) is 8.40. The van der Waals surface area contributed by atoms with E-state index in [1.165, 1.54) is 12.1 Å². The fourth-order valence-electron chi connectivity index (χ4n) is 4.49. The van der Waals surface area contributed by atoms with Crippen molar-refractivity contribution in [2.24, 2.45) is 11.7 Å². The minimum Gasteiger partial charge on any atom is -0.436 e. The summed E-state index contributed by atoms with van der Waals surface area (Å²) in [6.45, 7) is 0.477. The zero-order valence-electron chi connectivity index (χ0n) is 18.8. The van der Waals surface area contributed by atoms with E-state index in [0.717, 1.165) is 29.2 Å². The van der Waals surface area contributed by atoms with Crippen molar-refractivity contribution in [2.45, 2.75) is 31.5 Å². The Labute approximate surface area is 203 Å². The number of anilines is 1. The standard InChI is InChI=1S/C23H22F2N4O7/c24-16-2-1-3-17(25)18(16)27-21(30)19-15-10-14(29(33)34)5-4-13(15)11-28(19)22(31)20(36-23(26)32)12-6-8-35-9-7-12/h1-5,10,12,19-20H,6-9,11H2,(H2,26,32)(H,27,30)/t19-,20-/m0/s1. The van der Waals surface area contributed by atoms with E-state index in [0.29, 0.717) is 31.6 Å². The number of rotatable bonds is 6. The molecule has 0 aliphatic carbocycles. The quantitative estimate of drug-likeness (QED) is 0.453. The van der Waals surface area contributed by atoms with Crippen LogP contribution in [-0.4, -0.2) is 47.0 Å². The molecule has 0 saturated carbocycles. The maximum absolute atomic E-state index is 14.2. The number of nitro benzene ring substituents is 1. The summed E-state index contributed by atoms with van der Waals surface area (Å²) >= 11 is 0. The first-order valence-electron chi connectivity index (χ1n) is 11.0. The SMILES string of the molecule is NC(=O)O[C@H](C(=O)N1Cc2ccc([N+](=O)[O-])cc2[C@H]1C(=O)Nc1c(F)cccc1F)C1CCOCC1. The maximum Gasteiger partial charge on any atom is 0.405 e. The number of carbonyl (C=O) groups is 3. The molecule has 1 fully saturated rings. The number of carbonyl (C=O) groups excluding carboxylic acids is 3. The number of nitrogens with zero attached hydrogens (tertiary/aromatic N) is 2. The van der Waals surface area contributed by atoms with Gasteiger partial charge < -0.3 is 25.4 Å². The van der Waals surface area contributed by atoms with Gasteiger partial charge in [-0.1, -0.05) is 12.1 Å². The Hall–Kier alpha value is -4.13. The summed E-state index contributed by atoms with van der Waals surface area (Å²) in [5.41, 5.74) is 4.65. The molecule has 0 bridgehead atoms. The van der Waals surface area contributed by atoms with Crippen LogP contribution < -0.4 is 11.1 Å². The van der Waals surface area contributed by atoms with Crippen LogP contribution in [0.5, 0.6) is 0 Å². The number of primary amides is 1. The third-order valence-corrected chi connectivity index (χ3v) is 6.21. The van der Waals surface area contributed by atoms with E-state index >= 15 is 0 Å². The van der Waals surface area contributed by atoms with Crippen molar-refractivity contribution in [1.82, 2.24) is 4.90 Å². The smallest absolute Gasteiger partial charge is 0.405 e. The lowest BCUT2D eigenvalue weighted by atomic mass is 9.92. The van der Waals surface area contributed by atoms with Gasteiger partial charge in [-0.05, 0) is 36.1 Å². The third-order valence-electron chi connectivity index (χ3n) is 6.21. The average molecular weight is 504 g/mol. The van der Waals surface area contributed by atoms with Gasteiger partial charge in [0.1, 0.15) is 23.4 Å². The second-order valence-electron chi connectivity index (χ2n) is 8.40. The Balaban J connectivity index is 1.73. The van der Waals surface area contributed by atoms with E-state index in [1.807, 2.05) is 0 Å². The second kappa shape index (κ2) is 10.2. The van der Waals surface area contributed by atoms with Crippen molar-refractivity contribution in [2.75, 3.05) is 18.5 Å². The van der Waals surface area contributed by atoms with Gasteiger partial charge in [-0.15, -0.1) is 0 Å². The molecular formula is C23H22F2N4O7. The van der Waals surface area contributed by atoms with Gasteiger partial charge in [0.15, 0.2) is 6.10 Å². The predicted molar refractivity (Wildman–Crippen MR) is 119 cm³/mol. The molecular weight excluding hydrogens is 482 g/mol. The van der Waals surface area contributed by atoms with E-state index in [2.05, 4.69) is 5.32 Å². The van der Waals surface area contributed by atoms with Gasteiger partial charge in [-0.2, -0.15) is 0 Å². The van der Waals surface area contributed by atoms with Crippen molar-refractivity contribution in [3.8, 4) is 0 Å². The van der Waals surface area contributed by atoms with Crippen LogP contribution in [0.25, 0.3) is 0 Å². The summed E-state index contributed by atoms with van der Waals surface area (Å²) in [6, 6.07) is 5.24. The Bertz CT molecular complexity index is 1200. The first-order valence-corrected chi connectivity index (χ1v) is 11.0. The van der Waals surface area contributed by atoms with Crippen LogP contribution in [0.2, 0.25) is 0 Å². The molecule has 2 aliphatic rings. The molecule has 2 atom stereocenters. The first kappa shape index (κ1) is 25.0. The van der Waals surface area contributed by atoms with Crippen LogP contribution in [0.15, 0.2) is 36.4 Å². The molecule has 4 rings (SSSR count). The number of hydrogen-bond donors (Lipinski definition) is 2. The third kappa shape index (κ3) is 4.96. The molecule has 2 aromatic rings. The fraction of sp³-hybridized carbons (Fsp3) is 0.348. The van der Waals surface area contributed by atoms with E-state index in [-0.39, 0.29) is 17.8 Å². The number of fused-ring (bicyclic) bond motifs is 1. The zero-order valence-corrected chi connectivity index (χ0v) is 18.8. The highest BCUT2D eigenvalue weighted by Crippen LogP contribution is 2.39. The number of non-ortho nitro benzene ring substituents is 1. The molecule has 2 aliphatic heterocycles. The summed E-state index contributed by atoms with van der Waals surface area (Å²) in [5.74, 6) is -4.32. The van der Waals surface area contributed by atoms with Gasteiger partial charge in [-0.3, -0.25) is 19.7 Å². The highest BCUT2D eigenvalue weighted by molar-refractivity contribution is 6.00. The summed E-state index contributed by atoms with van der Waals surface area (Å²) in [7, 11) is 0. The normalized spacial score (nSPS) is 18.3. The van der Waals surface area contributed by atoms with Crippen molar-refractivity contribution in [3.05, 3.63) is 69.3 Å². The Morgan fingerprint density at radius 3 is 2.44 bits per heavy atom. The van der Waals surface area contributed by atoms with Crippen LogP contribution >= 0.6 is 0 Å². The molecule has 0 spiro atoms. The highest BCUT2D eigenvalue weighted by Gasteiger charge is 2.45. The first-order chi connectivity index (χ1) is 17.2. The number of nitro groups is 1. The van der Waals surface area contributed by atoms with E-state index in [9.17, 15) is 33.3 Å². The van der Waals surface area contributed by atoms with Gasteiger partial charge in [0.2, 0.25) is 0 Å².